The Balaban J connectivity index is 3.07. The first-order valence-corrected chi connectivity index (χ1v) is 4.07. The molecule has 1 nitrogen and oxygen atoms in total. The fourth-order valence-electron chi connectivity index (χ4n) is 1.69. The van der Waals surface area contributed by atoms with Crippen LogP contribution in [-0.4, -0.2) is 5.54 Å². The summed E-state index contributed by atoms with van der Waals surface area (Å²) in [5, 5.41) is 0. The van der Waals surface area contributed by atoms with Crippen molar-refractivity contribution in [3.63, 3.8) is 0 Å². The van der Waals surface area contributed by atoms with E-state index in [2.05, 4.69) is 33.8 Å². The number of nitrogens with two attached hydrogens (primary N) is 1. The SMILES string of the molecule is CC1=CC(C)=C(C)C(C)(N)C1. The summed E-state index contributed by atoms with van der Waals surface area (Å²) in [4.78, 5) is 0. The lowest BCUT2D eigenvalue weighted by molar-refractivity contribution is 0.531. The Hall–Kier alpha value is -0.560. The predicted molar refractivity (Wildman–Crippen MR) is 49.3 cm³/mol. The summed E-state index contributed by atoms with van der Waals surface area (Å²) in [7, 11) is 0. The maximum Gasteiger partial charge on any atom is 0.0380 e. The maximum atomic E-state index is 6.10. The van der Waals surface area contributed by atoms with Gasteiger partial charge in [-0.25, -0.2) is 0 Å². The van der Waals surface area contributed by atoms with Crippen molar-refractivity contribution in [1.82, 2.24) is 0 Å². The molecule has 1 aliphatic rings. The third-order valence-corrected chi connectivity index (χ3v) is 2.56. The van der Waals surface area contributed by atoms with E-state index in [1.165, 1.54) is 16.7 Å². The number of hydrogen-bond donors (Lipinski definition) is 1. The van der Waals surface area contributed by atoms with Crippen molar-refractivity contribution in [1.29, 1.82) is 0 Å². The van der Waals surface area contributed by atoms with Gasteiger partial charge >= 0.3 is 0 Å². The summed E-state index contributed by atoms with van der Waals surface area (Å²) in [5.74, 6) is 0. The number of hydrogen-bond acceptors (Lipinski definition) is 1. The fourth-order valence-corrected chi connectivity index (χ4v) is 1.69. The molecule has 1 heteroatoms. The van der Waals surface area contributed by atoms with Gasteiger partial charge in [0.15, 0.2) is 0 Å². The van der Waals surface area contributed by atoms with Gasteiger partial charge in [0.1, 0.15) is 0 Å². The van der Waals surface area contributed by atoms with Crippen LogP contribution >= 0.6 is 0 Å². The van der Waals surface area contributed by atoms with Gasteiger partial charge in [-0.1, -0.05) is 22.8 Å². The Labute approximate surface area is 69.0 Å². The smallest absolute Gasteiger partial charge is 0.0380 e. The third kappa shape index (κ3) is 1.54. The second-order valence-electron chi connectivity index (χ2n) is 3.89. The average Bonchev–Trinajstić information content (AvgIpc) is 1.81. The molecule has 0 spiro atoms. The van der Waals surface area contributed by atoms with E-state index in [-0.39, 0.29) is 5.54 Å². The zero-order valence-corrected chi connectivity index (χ0v) is 7.86. The molecule has 0 heterocycles. The van der Waals surface area contributed by atoms with Gasteiger partial charge in [0.05, 0.1) is 0 Å². The summed E-state index contributed by atoms with van der Waals surface area (Å²) in [6.07, 6.45) is 3.22. The van der Waals surface area contributed by atoms with Gasteiger partial charge in [-0.2, -0.15) is 0 Å². The summed E-state index contributed by atoms with van der Waals surface area (Å²) >= 11 is 0. The maximum absolute atomic E-state index is 6.10. The minimum Gasteiger partial charge on any atom is -0.322 e. The van der Waals surface area contributed by atoms with Crippen LogP contribution in [0, 0.1) is 0 Å². The minimum absolute atomic E-state index is 0.108. The lowest BCUT2D eigenvalue weighted by Gasteiger charge is -2.31. The molecule has 1 rings (SSSR count). The monoisotopic (exact) mass is 151 g/mol. The van der Waals surface area contributed by atoms with Crippen molar-refractivity contribution >= 4 is 0 Å². The van der Waals surface area contributed by atoms with Crippen LogP contribution in [0.3, 0.4) is 0 Å². The quantitative estimate of drug-likeness (QED) is 0.565. The van der Waals surface area contributed by atoms with E-state index in [9.17, 15) is 0 Å². The Kier molecular flexibility index (Phi) is 1.93. The van der Waals surface area contributed by atoms with E-state index in [1.807, 2.05) is 0 Å². The van der Waals surface area contributed by atoms with Crippen molar-refractivity contribution < 1.29 is 0 Å². The van der Waals surface area contributed by atoms with Gasteiger partial charge in [-0.15, -0.1) is 0 Å². The highest BCUT2D eigenvalue weighted by atomic mass is 14.7. The van der Waals surface area contributed by atoms with Gasteiger partial charge in [0.25, 0.3) is 0 Å². The largest absolute Gasteiger partial charge is 0.322 e. The van der Waals surface area contributed by atoms with Crippen LogP contribution in [0.4, 0.5) is 0 Å². The molecule has 0 aromatic carbocycles. The molecule has 0 aliphatic heterocycles. The average molecular weight is 151 g/mol. The summed E-state index contributed by atoms with van der Waals surface area (Å²) in [6, 6.07) is 0. The summed E-state index contributed by atoms with van der Waals surface area (Å²) in [5.41, 5.74) is 10.0. The molecule has 0 fully saturated rings. The van der Waals surface area contributed by atoms with Crippen LogP contribution in [0.1, 0.15) is 34.1 Å². The van der Waals surface area contributed by atoms with Crippen molar-refractivity contribution in [3.05, 3.63) is 22.8 Å². The second kappa shape index (κ2) is 2.49. The molecule has 62 valence electrons. The van der Waals surface area contributed by atoms with Crippen molar-refractivity contribution in [2.24, 2.45) is 5.73 Å². The molecule has 0 bridgehead atoms. The second-order valence-corrected chi connectivity index (χ2v) is 3.89. The van der Waals surface area contributed by atoms with Crippen LogP contribution in [0.2, 0.25) is 0 Å². The molecule has 11 heavy (non-hydrogen) atoms. The van der Waals surface area contributed by atoms with E-state index in [0.29, 0.717) is 0 Å². The Morgan fingerprint density at radius 3 is 2.36 bits per heavy atom. The van der Waals surface area contributed by atoms with Crippen LogP contribution in [0.15, 0.2) is 22.8 Å². The van der Waals surface area contributed by atoms with Gasteiger partial charge < -0.3 is 5.73 Å². The highest BCUT2D eigenvalue weighted by molar-refractivity contribution is 5.37. The predicted octanol–water partition coefficient (Wildman–Crippen LogP) is 2.39. The van der Waals surface area contributed by atoms with E-state index in [1.54, 1.807) is 0 Å². The molecule has 1 atom stereocenters. The Morgan fingerprint density at radius 2 is 1.91 bits per heavy atom. The molecular formula is C10H17N. The lowest BCUT2D eigenvalue weighted by atomic mass is 9.80. The molecule has 0 radical (unpaired) electrons. The molecule has 0 aromatic heterocycles. The molecule has 0 aromatic rings. The van der Waals surface area contributed by atoms with E-state index < -0.39 is 0 Å². The van der Waals surface area contributed by atoms with Crippen LogP contribution < -0.4 is 5.73 Å². The zero-order valence-electron chi connectivity index (χ0n) is 7.86. The normalized spacial score (nSPS) is 32.3. The molecule has 0 amide bonds. The first-order chi connectivity index (χ1) is 4.93. The number of rotatable bonds is 0. The first-order valence-electron chi connectivity index (χ1n) is 4.07. The van der Waals surface area contributed by atoms with Gasteiger partial charge in [-0.05, 0) is 34.1 Å². The van der Waals surface area contributed by atoms with Gasteiger partial charge in [-0.3, -0.25) is 0 Å². The highest BCUT2D eigenvalue weighted by Gasteiger charge is 2.25. The molecule has 1 unspecified atom stereocenters. The summed E-state index contributed by atoms with van der Waals surface area (Å²) < 4.78 is 0. The Morgan fingerprint density at radius 1 is 1.36 bits per heavy atom. The van der Waals surface area contributed by atoms with Crippen molar-refractivity contribution in [2.45, 2.75) is 39.7 Å². The molecule has 1 aliphatic carbocycles. The standard InChI is InChI=1S/C10H17N/c1-7-5-8(2)9(3)10(4,11)6-7/h5H,6,11H2,1-4H3. The van der Waals surface area contributed by atoms with E-state index in [4.69, 9.17) is 5.73 Å². The Bertz CT molecular complexity index is 231. The third-order valence-electron chi connectivity index (χ3n) is 2.56. The first kappa shape index (κ1) is 8.54. The van der Waals surface area contributed by atoms with Crippen LogP contribution in [-0.2, 0) is 0 Å². The minimum atomic E-state index is -0.108. The van der Waals surface area contributed by atoms with Crippen molar-refractivity contribution in [3.8, 4) is 0 Å². The highest BCUT2D eigenvalue weighted by Crippen LogP contribution is 2.29. The van der Waals surface area contributed by atoms with E-state index in [0.717, 1.165) is 6.42 Å². The number of allylic oxidation sites excluding steroid dienone is 2. The topological polar surface area (TPSA) is 26.0 Å². The van der Waals surface area contributed by atoms with Crippen LogP contribution in [0.5, 0.6) is 0 Å². The fraction of sp³-hybridized carbons (Fsp3) is 0.600. The molecule has 2 N–H and O–H groups in total. The van der Waals surface area contributed by atoms with Crippen LogP contribution in [0.25, 0.3) is 0 Å². The molecular weight excluding hydrogens is 134 g/mol. The van der Waals surface area contributed by atoms with E-state index >= 15 is 0 Å². The molecule has 0 saturated carbocycles. The van der Waals surface area contributed by atoms with Crippen molar-refractivity contribution in [2.75, 3.05) is 0 Å². The zero-order chi connectivity index (χ0) is 8.65. The molecule has 0 saturated heterocycles. The lowest BCUT2D eigenvalue weighted by Crippen LogP contribution is -2.39. The van der Waals surface area contributed by atoms with Gasteiger partial charge in [0, 0.05) is 5.54 Å². The van der Waals surface area contributed by atoms with Gasteiger partial charge in [0.2, 0.25) is 0 Å². The summed E-state index contributed by atoms with van der Waals surface area (Å²) in [6.45, 7) is 8.49.